The number of H-pyrrole nitrogens is 1. The molecule has 3 aromatic heterocycles. The van der Waals surface area contributed by atoms with Gasteiger partial charge < -0.3 is 21.4 Å². The molecule has 5 N–H and O–H groups in total. The van der Waals surface area contributed by atoms with Crippen molar-refractivity contribution in [2.45, 2.75) is 19.5 Å². The number of nitrogens with two attached hydrogens (primary N) is 1. The van der Waals surface area contributed by atoms with Crippen LogP contribution in [-0.2, 0) is 6.54 Å². The monoisotopic (exact) mass is 525 g/mol. The van der Waals surface area contributed by atoms with Crippen molar-refractivity contribution < 1.29 is 13.6 Å². The van der Waals surface area contributed by atoms with Crippen molar-refractivity contribution in [2.75, 3.05) is 11.1 Å². The van der Waals surface area contributed by atoms with E-state index >= 15 is 0 Å². The van der Waals surface area contributed by atoms with Crippen LogP contribution in [0.1, 0.15) is 40.3 Å². The zero-order valence-electron chi connectivity index (χ0n) is 20.5. The van der Waals surface area contributed by atoms with E-state index in [0.717, 1.165) is 34.2 Å². The van der Waals surface area contributed by atoms with Crippen LogP contribution in [0.2, 0.25) is 0 Å². The van der Waals surface area contributed by atoms with Crippen LogP contribution < -0.4 is 16.4 Å². The number of anilines is 2. The van der Waals surface area contributed by atoms with E-state index in [1.54, 1.807) is 6.92 Å². The summed E-state index contributed by atoms with van der Waals surface area (Å²) in [6, 6.07) is 12.2. The Balaban J connectivity index is 1.32. The fourth-order valence-electron chi connectivity index (χ4n) is 4.06. The molecule has 3 heterocycles. The van der Waals surface area contributed by atoms with Crippen molar-refractivity contribution in [2.24, 2.45) is 0 Å². The minimum absolute atomic E-state index is 0.0440. The number of nitrogen functional groups attached to an aromatic ring is 1. The maximum absolute atomic E-state index is 13.6. The number of benzene rings is 2. The lowest BCUT2D eigenvalue weighted by Crippen LogP contribution is -2.29. The number of nitrogens with zero attached hydrogens (tertiary/aromatic N) is 5. The first-order valence-electron chi connectivity index (χ1n) is 11.8. The molecule has 0 aliphatic carbocycles. The average Bonchev–Trinajstić information content (AvgIpc) is 3.39. The van der Waals surface area contributed by atoms with Gasteiger partial charge in [0.1, 0.15) is 23.9 Å². The molecule has 2 aromatic carbocycles. The Hall–Kier alpha value is -5.44. The molecule has 12 heteroatoms. The van der Waals surface area contributed by atoms with Crippen LogP contribution >= 0.6 is 0 Å². The lowest BCUT2D eigenvalue weighted by molar-refractivity contribution is 0.0935. The van der Waals surface area contributed by atoms with E-state index in [-0.39, 0.29) is 17.2 Å². The molecule has 194 valence electrons. The number of carbonyl (C=O) groups excluding carboxylic acids is 1. The summed E-state index contributed by atoms with van der Waals surface area (Å²) in [6.07, 6.45) is 4.47. The first-order valence-corrected chi connectivity index (χ1v) is 11.8. The summed E-state index contributed by atoms with van der Waals surface area (Å²) in [7, 11) is 0. The molecule has 0 radical (unpaired) electrons. The van der Waals surface area contributed by atoms with Gasteiger partial charge in [0.05, 0.1) is 17.6 Å². The third kappa shape index (κ3) is 5.19. The Morgan fingerprint density at radius 3 is 2.67 bits per heavy atom. The molecule has 0 saturated carbocycles. The zero-order chi connectivity index (χ0) is 27.5. The number of nitriles is 1. The molecule has 5 aromatic rings. The average molecular weight is 526 g/mol. The van der Waals surface area contributed by atoms with Gasteiger partial charge in [-0.25, -0.2) is 28.7 Å². The van der Waals surface area contributed by atoms with Gasteiger partial charge in [0.25, 0.3) is 5.91 Å². The van der Waals surface area contributed by atoms with Crippen LogP contribution in [0.4, 0.5) is 20.4 Å². The highest BCUT2D eigenvalue weighted by atomic mass is 19.2. The van der Waals surface area contributed by atoms with Gasteiger partial charge in [0.2, 0.25) is 0 Å². The predicted octanol–water partition coefficient (Wildman–Crippen LogP) is 4.25. The van der Waals surface area contributed by atoms with Crippen LogP contribution in [-0.4, -0.2) is 30.8 Å². The summed E-state index contributed by atoms with van der Waals surface area (Å²) in [5.74, 6) is -2.09. The maximum atomic E-state index is 13.6. The molecule has 0 bridgehead atoms. The van der Waals surface area contributed by atoms with Crippen molar-refractivity contribution in [3.05, 3.63) is 95.3 Å². The number of amides is 1. The smallest absolute Gasteiger partial charge is 0.274 e. The second-order valence-electron chi connectivity index (χ2n) is 8.67. The van der Waals surface area contributed by atoms with Crippen molar-refractivity contribution in [3.63, 3.8) is 0 Å². The fraction of sp³-hybridized carbons (Fsp3) is 0.111. The van der Waals surface area contributed by atoms with E-state index in [9.17, 15) is 18.8 Å². The van der Waals surface area contributed by atoms with Crippen molar-refractivity contribution in [3.8, 4) is 17.2 Å². The molecule has 0 aliphatic heterocycles. The molecule has 1 atom stereocenters. The fourth-order valence-corrected chi connectivity index (χ4v) is 4.06. The zero-order valence-corrected chi connectivity index (χ0v) is 20.5. The summed E-state index contributed by atoms with van der Waals surface area (Å²) < 4.78 is 26.9. The number of aromatic amines is 1. The van der Waals surface area contributed by atoms with E-state index in [1.165, 1.54) is 18.6 Å². The van der Waals surface area contributed by atoms with Gasteiger partial charge in [-0.1, -0.05) is 30.3 Å². The number of fused-ring (bicyclic) bond motifs is 1. The number of nitrogens with one attached hydrogen (secondary N) is 3. The van der Waals surface area contributed by atoms with Gasteiger partial charge in [-0.3, -0.25) is 4.79 Å². The van der Waals surface area contributed by atoms with Crippen LogP contribution in [0, 0.1) is 23.0 Å². The number of halogens is 2. The molecule has 5 rings (SSSR count). The molecular formula is C27H21F2N9O. The number of hydrogen-bond donors (Lipinski definition) is 4. The van der Waals surface area contributed by atoms with Crippen molar-refractivity contribution in [1.29, 1.82) is 5.26 Å². The second-order valence-corrected chi connectivity index (χ2v) is 8.67. The van der Waals surface area contributed by atoms with Crippen LogP contribution in [0.3, 0.4) is 0 Å². The Morgan fingerprint density at radius 1 is 1.13 bits per heavy atom. The first-order chi connectivity index (χ1) is 18.8. The largest absolute Gasteiger partial charge is 0.383 e. The van der Waals surface area contributed by atoms with Gasteiger partial charge in [0, 0.05) is 18.3 Å². The molecule has 10 nitrogen and oxygen atoms in total. The number of aromatic nitrogens is 5. The van der Waals surface area contributed by atoms with E-state index in [2.05, 4.69) is 35.6 Å². The van der Waals surface area contributed by atoms with Gasteiger partial charge >= 0.3 is 0 Å². The standard InChI is InChI=1S/C27H21F2N9O/c1-14(17-6-7-20(28)21(29)8-17)37-27(39)23-26(33-11-18(9-30)38-23)32-10-15-2-4-16(5-3-15)19-12-34-25-22(19)24(31)35-13-36-25/h2-8,11-14H,10H2,1H3,(H,32,33)(H,37,39)(H3,31,34,35,36)/t14-/m0/s1. The summed E-state index contributed by atoms with van der Waals surface area (Å²) in [5, 5.41) is 15.8. The van der Waals surface area contributed by atoms with E-state index in [0.29, 0.717) is 23.6 Å². The Bertz CT molecular complexity index is 1730. The lowest BCUT2D eigenvalue weighted by Gasteiger charge is -2.16. The summed E-state index contributed by atoms with van der Waals surface area (Å²) in [6.45, 7) is 1.92. The summed E-state index contributed by atoms with van der Waals surface area (Å²) in [4.78, 5) is 32.7. The molecule has 0 spiro atoms. The summed E-state index contributed by atoms with van der Waals surface area (Å²) in [5.41, 5.74) is 9.57. The Labute approximate surface area is 221 Å². The first kappa shape index (κ1) is 25.2. The minimum atomic E-state index is -1.02. The highest BCUT2D eigenvalue weighted by Crippen LogP contribution is 2.30. The maximum Gasteiger partial charge on any atom is 0.274 e. The minimum Gasteiger partial charge on any atom is -0.383 e. The molecule has 0 unspecified atom stereocenters. The third-order valence-electron chi connectivity index (χ3n) is 6.12. The highest BCUT2D eigenvalue weighted by molar-refractivity contribution is 6.00. The predicted molar refractivity (Wildman–Crippen MR) is 140 cm³/mol. The summed E-state index contributed by atoms with van der Waals surface area (Å²) >= 11 is 0. The Kier molecular flexibility index (Phi) is 6.79. The van der Waals surface area contributed by atoms with Crippen molar-refractivity contribution in [1.82, 2.24) is 30.2 Å². The topological polar surface area (TPSA) is 158 Å². The highest BCUT2D eigenvalue weighted by Gasteiger charge is 2.20. The number of hydrogen-bond acceptors (Lipinski definition) is 8. The van der Waals surface area contributed by atoms with E-state index in [4.69, 9.17) is 5.73 Å². The van der Waals surface area contributed by atoms with Crippen LogP contribution in [0.25, 0.3) is 22.2 Å². The molecule has 1 amide bonds. The SMILES string of the molecule is C[C@H](NC(=O)c1nc(C#N)cnc1NCc1ccc(-c2c[nH]c3ncnc(N)c23)cc1)c1ccc(F)c(F)c1. The molecule has 0 fully saturated rings. The molecule has 0 saturated heterocycles. The van der Waals surface area contributed by atoms with Gasteiger partial charge in [0.15, 0.2) is 28.8 Å². The van der Waals surface area contributed by atoms with Crippen LogP contribution in [0.15, 0.2) is 61.2 Å². The molecule has 39 heavy (non-hydrogen) atoms. The lowest BCUT2D eigenvalue weighted by atomic mass is 10.0. The van der Waals surface area contributed by atoms with E-state index < -0.39 is 23.6 Å². The van der Waals surface area contributed by atoms with Crippen LogP contribution in [0.5, 0.6) is 0 Å². The van der Waals surface area contributed by atoms with Gasteiger partial charge in [-0.05, 0) is 35.7 Å². The second kappa shape index (κ2) is 10.5. The van der Waals surface area contributed by atoms with Gasteiger partial charge in [-0.2, -0.15) is 5.26 Å². The normalized spacial score (nSPS) is 11.6. The Morgan fingerprint density at radius 2 is 1.92 bits per heavy atom. The number of carbonyl (C=O) groups is 1. The third-order valence-corrected chi connectivity index (χ3v) is 6.12. The number of rotatable bonds is 7. The van der Waals surface area contributed by atoms with E-state index in [1.807, 2.05) is 36.5 Å². The quantitative estimate of drug-likeness (QED) is 0.245. The van der Waals surface area contributed by atoms with Crippen molar-refractivity contribution >= 4 is 28.6 Å². The van der Waals surface area contributed by atoms with Gasteiger partial charge in [-0.15, -0.1) is 0 Å². The molecule has 0 aliphatic rings. The molecular weight excluding hydrogens is 504 g/mol.